The smallest absolute Gasteiger partial charge is 0.252 e. The molecule has 0 aliphatic carbocycles. The normalized spacial score (nSPS) is 10.5. The zero-order valence-electron chi connectivity index (χ0n) is 11.1. The minimum Gasteiger partial charge on any atom is -0.348 e. The lowest BCUT2D eigenvalue weighted by molar-refractivity contribution is 0.0952. The van der Waals surface area contributed by atoms with E-state index in [0.717, 1.165) is 10.9 Å². The third-order valence-corrected chi connectivity index (χ3v) is 3.33. The molecule has 0 aliphatic rings. The lowest BCUT2D eigenvalue weighted by atomic mass is 10.1. The fourth-order valence-corrected chi connectivity index (χ4v) is 2.31. The summed E-state index contributed by atoms with van der Waals surface area (Å²) in [6.07, 6.45) is 3.39. The van der Waals surface area contributed by atoms with Gasteiger partial charge in [-0.1, -0.05) is 29.8 Å². The van der Waals surface area contributed by atoms with Crippen LogP contribution in [0.1, 0.15) is 15.9 Å². The van der Waals surface area contributed by atoms with E-state index < -0.39 is 0 Å². The number of hydrogen-bond donors (Lipinski definition) is 1. The first-order valence-corrected chi connectivity index (χ1v) is 6.84. The highest BCUT2D eigenvalue weighted by Crippen LogP contribution is 2.20. The van der Waals surface area contributed by atoms with Crippen molar-refractivity contribution < 1.29 is 4.79 Å². The number of fused-ring (bicyclic) bond motifs is 1. The Hall–Kier alpha value is -2.46. The Kier molecular flexibility index (Phi) is 3.79. The maximum Gasteiger partial charge on any atom is 0.252 e. The number of amides is 1. The number of nitrogens with zero attached hydrogens (tertiary/aromatic N) is 2. The van der Waals surface area contributed by atoms with Crippen molar-refractivity contribution in [3.63, 3.8) is 0 Å². The number of nitrogens with one attached hydrogen (secondary N) is 1. The Morgan fingerprint density at radius 2 is 1.90 bits per heavy atom. The van der Waals surface area contributed by atoms with E-state index >= 15 is 0 Å². The Balaban J connectivity index is 1.88. The van der Waals surface area contributed by atoms with Crippen molar-refractivity contribution in [3.05, 3.63) is 71.1 Å². The quantitative estimate of drug-likeness (QED) is 0.755. The Morgan fingerprint density at radius 1 is 1.14 bits per heavy atom. The highest BCUT2D eigenvalue weighted by Gasteiger charge is 2.12. The average Bonchev–Trinajstić information content (AvgIpc) is 2.52. The van der Waals surface area contributed by atoms with Gasteiger partial charge in [-0.3, -0.25) is 9.78 Å². The molecule has 2 heterocycles. The summed E-state index contributed by atoms with van der Waals surface area (Å²) < 4.78 is 0. The standard InChI is InChI=1S/C16H12ClN3O/c17-15-9-13(12-3-1-2-4-14(12)20-15)16(21)19-10-11-5-7-18-8-6-11/h1-9H,10H2,(H,19,21). The molecule has 104 valence electrons. The molecule has 0 bridgehead atoms. The van der Waals surface area contributed by atoms with Gasteiger partial charge in [-0.2, -0.15) is 0 Å². The number of rotatable bonds is 3. The fraction of sp³-hybridized carbons (Fsp3) is 0.0625. The summed E-state index contributed by atoms with van der Waals surface area (Å²) in [5.41, 5.74) is 2.22. The summed E-state index contributed by atoms with van der Waals surface area (Å²) >= 11 is 5.99. The van der Waals surface area contributed by atoms with Gasteiger partial charge in [0.15, 0.2) is 0 Å². The van der Waals surface area contributed by atoms with Crippen molar-refractivity contribution in [2.75, 3.05) is 0 Å². The molecule has 1 amide bonds. The van der Waals surface area contributed by atoms with Gasteiger partial charge < -0.3 is 5.32 Å². The number of halogens is 1. The topological polar surface area (TPSA) is 54.9 Å². The second-order valence-electron chi connectivity index (χ2n) is 4.55. The van der Waals surface area contributed by atoms with Crippen molar-refractivity contribution in [1.29, 1.82) is 0 Å². The van der Waals surface area contributed by atoms with Crippen molar-refractivity contribution >= 4 is 28.4 Å². The molecule has 0 saturated carbocycles. The second kappa shape index (κ2) is 5.89. The lowest BCUT2D eigenvalue weighted by Crippen LogP contribution is -2.23. The molecule has 0 spiro atoms. The van der Waals surface area contributed by atoms with Crippen LogP contribution in [-0.2, 0) is 6.54 Å². The summed E-state index contributed by atoms with van der Waals surface area (Å²) in [6.45, 7) is 0.440. The molecule has 2 aromatic heterocycles. The molecule has 3 aromatic rings. The first kappa shape index (κ1) is 13.5. The van der Waals surface area contributed by atoms with Gasteiger partial charge in [0.1, 0.15) is 5.15 Å². The molecule has 0 unspecified atom stereocenters. The van der Waals surface area contributed by atoms with Crippen LogP contribution < -0.4 is 5.32 Å². The van der Waals surface area contributed by atoms with Crippen LogP contribution in [0.15, 0.2) is 54.9 Å². The second-order valence-corrected chi connectivity index (χ2v) is 4.94. The SMILES string of the molecule is O=C(NCc1ccncc1)c1cc(Cl)nc2ccccc12. The van der Waals surface area contributed by atoms with Gasteiger partial charge in [0.25, 0.3) is 5.91 Å². The Morgan fingerprint density at radius 3 is 2.71 bits per heavy atom. The third-order valence-electron chi connectivity index (χ3n) is 3.13. The number of para-hydroxylation sites is 1. The molecule has 0 atom stereocenters. The zero-order chi connectivity index (χ0) is 14.7. The van der Waals surface area contributed by atoms with Gasteiger partial charge in [-0.05, 0) is 29.8 Å². The molecule has 0 aliphatic heterocycles. The molecular weight excluding hydrogens is 286 g/mol. The molecule has 21 heavy (non-hydrogen) atoms. The largest absolute Gasteiger partial charge is 0.348 e. The molecule has 1 N–H and O–H groups in total. The van der Waals surface area contributed by atoms with E-state index in [1.54, 1.807) is 18.5 Å². The maximum absolute atomic E-state index is 12.4. The fourth-order valence-electron chi connectivity index (χ4n) is 2.11. The van der Waals surface area contributed by atoms with Crippen LogP contribution in [0.25, 0.3) is 10.9 Å². The maximum atomic E-state index is 12.4. The first-order valence-electron chi connectivity index (χ1n) is 6.46. The summed E-state index contributed by atoms with van der Waals surface area (Å²) in [7, 11) is 0. The van der Waals surface area contributed by atoms with E-state index in [2.05, 4.69) is 15.3 Å². The number of carbonyl (C=O) groups excluding carboxylic acids is 1. The molecular formula is C16H12ClN3O. The van der Waals surface area contributed by atoms with E-state index in [1.165, 1.54) is 0 Å². The summed E-state index contributed by atoms with van der Waals surface area (Å²) in [5.74, 6) is -0.174. The number of pyridine rings is 2. The molecule has 0 saturated heterocycles. The average molecular weight is 298 g/mol. The molecule has 5 heteroatoms. The predicted molar refractivity (Wildman–Crippen MR) is 82.2 cm³/mol. The van der Waals surface area contributed by atoms with Gasteiger partial charge in [0, 0.05) is 24.3 Å². The highest BCUT2D eigenvalue weighted by atomic mass is 35.5. The van der Waals surface area contributed by atoms with Crippen molar-refractivity contribution in [2.24, 2.45) is 0 Å². The minimum absolute atomic E-state index is 0.174. The monoisotopic (exact) mass is 297 g/mol. The van der Waals surface area contributed by atoms with Crippen LogP contribution in [0.3, 0.4) is 0 Å². The van der Waals surface area contributed by atoms with Crippen LogP contribution in [0, 0.1) is 0 Å². The minimum atomic E-state index is -0.174. The molecule has 1 aromatic carbocycles. The number of hydrogen-bond acceptors (Lipinski definition) is 3. The summed E-state index contributed by atoms with van der Waals surface area (Å²) in [4.78, 5) is 20.5. The third kappa shape index (κ3) is 3.01. The number of carbonyl (C=O) groups is 1. The molecule has 3 rings (SSSR count). The van der Waals surface area contributed by atoms with E-state index in [4.69, 9.17) is 11.6 Å². The van der Waals surface area contributed by atoms with Crippen molar-refractivity contribution in [2.45, 2.75) is 6.54 Å². The molecule has 0 fully saturated rings. The van der Waals surface area contributed by atoms with E-state index in [0.29, 0.717) is 22.8 Å². The predicted octanol–water partition coefficient (Wildman–Crippen LogP) is 3.21. The van der Waals surface area contributed by atoms with E-state index in [-0.39, 0.29) is 5.91 Å². The van der Waals surface area contributed by atoms with Gasteiger partial charge in [-0.25, -0.2) is 4.98 Å². The number of aromatic nitrogens is 2. The van der Waals surface area contributed by atoms with Gasteiger partial charge in [-0.15, -0.1) is 0 Å². The van der Waals surface area contributed by atoms with E-state index in [9.17, 15) is 4.79 Å². The van der Waals surface area contributed by atoms with Gasteiger partial charge in [0.05, 0.1) is 11.1 Å². The van der Waals surface area contributed by atoms with Gasteiger partial charge >= 0.3 is 0 Å². The highest BCUT2D eigenvalue weighted by molar-refractivity contribution is 6.30. The van der Waals surface area contributed by atoms with Crippen molar-refractivity contribution in [3.8, 4) is 0 Å². The van der Waals surface area contributed by atoms with Crippen LogP contribution >= 0.6 is 11.6 Å². The van der Waals surface area contributed by atoms with Crippen LogP contribution in [-0.4, -0.2) is 15.9 Å². The van der Waals surface area contributed by atoms with E-state index in [1.807, 2.05) is 36.4 Å². The Labute approximate surface area is 126 Å². The van der Waals surface area contributed by atoms with Crippen LogP contribution in [0.5, 0.6) is 0 Å². The van der Waals surface area contributed by atoms with Crippen LogP contribution in [0.2, 0.25) is 5.15 Å². The molecule has 4 nitrogen and oxygen atoms in total. The van der Waals surface area contributed by atoms with Gasteiger partial charge in [0.2, 0.25) is 0 Å². The number of benzene rings is 1. The van der Waals surface area contributed by atoms with Crippen LogP contribution in [0.4, 0.5) is 0 Å². The first-order chi connectivity index (χ1) is 10.2. The summed E-state index contributed by atoms with van der Waals surface area (Å²) in [5, 5.41) is 3.98. The zero-order valence-corrected chi connectivity index (χ0v) is 11.8. The lowest BCUT2D eigenvalue weighted by Gasteiger charge is -2.08. The molecule has 0 radical (unpaired) electrons. The summed E-state index contributed by atoms with van der Waals surface area (Å²) in [6, 6.07) is 12.7. The Bertz CT molecular complexity index is 790. The van der Waals surface area contributed by atoms with Crippen molar-refractivity contribution in [1.82, 2.24) is 15.3 Å².